The first-order chi connectivity index (χ1) is 10.6. The molecule has 0 heterocycles. The van der Waals surface area contributed by atoms with Gasteiger partial charge in [-0.2, -0.15) is 5.10 Å². The zero-order chi connectivity index (χ0) is 15.9. The number of carbonyl (C=O) groups is 1. The van der Waals surface area contributed by atoms with Crippen molar-refractivity contribution < 1.29 is 13.9 Å². The SMILES string of the molecule is CCOc1ccc(C(=O)NN=Cc2c(F)cccc2Cl)cc1. The van der Waals surface area contributed by atoms with E-state index in [2.05, 4.69) is 10.5 Å². The highest BCUT2D eigenvalue weighted by molar-refractivity contribution is 6.33. The van der Waals surface area contributed by atoms with E-state index in [9.17, 15) is 9.18 Å². The van der Waals surface area contributed by atoms with Gasteiger partial charge in [0.15, 0.2) is 0 Å². The Kier molecular flexibility index (Phi) is 5.49. The highest BCUT2D eigenvalue weighted by Gasteiger charge is 2.06. The molecular formula is C16H14ClFN2O2. The first-order valence-electron chi connectivity index (χ1n) is 6.62. The fraction of sp³-hybridized carbons (Fsp3) is 0.125. The van der Waals surface area contributed by atoms with Crippen molar-refractivity contribution in [2.75, 3.05) is 6.61 Å². The van der Waals surface area contributed by atoms with Crippen LogP contribution in [0.5, 0.6) is 5.75 Å². The molecule has 2 aromatic carbocycles. The molecule has 22 heavy (non-hydrogen) atoms. The van der Waals surface area contributed by atoms with Gasteiger partial charge >= 0.3 is 0 Å². The first-order valence-corrected chi connectivity index (χ1v) is 7.00. The summed E-state index contributed by atoms with van der Waals surface area (Å²) in [5, 5.41) is 3.94. The van der Waals surface area contributed by atoms with Crippen molar-refractivity contribution >= 4 is 23.7 Å². The fourth-order valence-corrected chi connectivity index (χ4v) is 1.94. The van der Waals surface area contributed by atoms with Gasteiger partial charge in [-0.1, -0.05) is 17.7 Å². The molecule has 0 spiro atoms. The van der Waals surface area contributed by atoms with Crippen LogP contribution in [-0.2, 0) is 0 Å². The molecule has 0 aliphatic heterocycles. The van der Waals surface area contributed by atoms with Crippen LogP contribution in [0, 0.1) is 5.82 Å². The Morgan fingerprint density at radius 1 is 1.32 bits per heavy atom. The number of hydrazone groups is 1. The van der Waals surface area contributed by atoms with E-state index in [1.54, 1.807) is 30.3 Å². The maximum Gasteiger partial charge on any atom is 0.271 e. The molecule has 2 aromatic rings. The lowest BCUT2D eigenvalue weighted by molar-refractivity contribution is 0.0955. The smallest absolute Gasteiger partial charge is 0.271 e. The van der Waals surface area contributed by atoms with Gasteiger partial charge in [-0.15, -0.1) is 0 Å². The molecule has 0 saturated heterocycles. The molecule has 0 radical (unpaired) electrons. The summed E-state index contributed by atoms with van der Waals surface area (Å²) in [4.78, 5) is 11.9. The molecule has 0 fully saturated rings. The van der Waals surface area contributed by atoms with E-state index in [-0.39, 0.29) is 10.6 Å². The molecule has 0 atom stereocenters. The quantitative estimate of drug-likeness (QED) is 0.675. The largest absolute Gasteiger partial charge is 0.494 e. The maximum absolute atomic E-state index is 13.5. The van der Waals surface area contributed by atoms with E-state index in [1.165, 1.54) is 18.3 Å². The second-order valence-electron chi connectivity index (χ2n) is 4.29. The van der Waals surface area contributed by atoms with Crippen LogP contribution in [-0.4, -0.2) is 18.7 Å². The normalized spacial score (nSPS) is 10.7. The number of carbonyl (C=O) groups excluding carboxylic acids is 1. The van der Waals surface area contributed by atoms with Crippen molar-refractivity contribution in [2.24, 2.45) is 5.10 Å². The van der Waals surface area contributed by atoms with Gasteiger partial charge in [0.05, 0.1) is 17.8 Å². The van der Waals surface area contributed by atoms with Gasteiger partial charge in [0.1, 0.15) is 11.6 Å². The lowest BCUT2D eigenvalue weighted by atomic mass is 10.2. The number of ether oxygens (including phenoxy) is 1. The van der Waals surface area contributed by atoms with Gasteiger partial charge in [0.2, 0.25) is 0 Å². The molecule has 1 amide bonds. The summed E-state index contributed by atoms with van der Waals surface area (Å²) >= 11 is 5.85. The predicted molar refractivity (Wildman–Crippen MR) is 84.1 cm³/mol. The highest BCUT2D eigenvalue weighted by Crippen LogP contribution is 2.16. The Labute approximate surface area is 132 Å². The molecule has 0 bridgehead atoms. The minimum atomic E-state index is -0.508. The van der Waals surface area contributed by atoms with E-state index in [4.69, 9.17) is 16.3 Å². The van der Waals surface area contributed by atoms with E-state index < -0.39 is 11.7 Å². The molecule has 4 nitrogen and oxygen atoms in total. The topological polar surface area (TPSA) is 50.7 Å². The molecule has 1 N–H and O–H groups in total. The van der Waals surface area contributed by atoms with Crippen LogP contribution in [0.3, 0.4) is 0 Å². The zero-order valence-corrected chi connectivity index (χ0v) is 12.6. The van der Waals surface area contributed by atoms with Gasteiger partial charge in [0, 0.05) is 11.1 Å². The van der Waals surface area contributed by atoms with Crippen molar-refractivity contribution in [2.45, 2.75) is 6.92 Å². The van der Waals surface area contributed by atoms with Gasteiger partial charge in [-0.05, 0) is 43.3 Å². The van der Waals surface area contributed by atoms with Crippen LogP contribution >= 0.6 is 11.6 Å². The monoisotopic (exact) mass is 320 g/mol. The standard InChI is InChI=1S/C16H14ClFN2O2/c1-2-22-12-8-6-11(7-9-12)16(21)20-19-10-13-14(17)4-3-5-15(13)18/h3-10H,2H2,1H3,(H,20,21). The highest BCUT2D eigenvalue weighted by atomic mass is 35.5. The predicted octanol–water partition coefficient (Wildman–Crippen LogP) is 3.64. The summed E-state index contributed by atoms with van der Waals surface area (Å²) in [6.45, 7) is 2.43. The summed E-state index contributed by atoms with van der Waals surface area (Å²) in [6, 6.07) is 10.9. The Morgan fingerprint density at radius 3 is 2.68 bits per heavy atom. The summed E-state index contributed by atoms with van der Waals surface area (Å²) in [7, 11) is 0. The van der Waals surface area contributed by atoms with Crippen LogP contribution in [0.15, 0.2) is 47.6 Å². The number of nitrogens with zero attached hydrogens (tertiary/aromatic N) is 1. The maximum atomic E-state index is 13.5. The minimum absolute atomic E-state index is 0.121. The van der Waals surface area contributed by atoms with Gasteiger partial charge < -0.3 is 4.74 Å². The molecule has 0 unspecified atom stereocenters. The molecular weight excluding hydrogens is 307 g/mol. The molecule has 6 heteroatoms. The van der Waals surface area contributed by atoms with Crippen LogP contribution in [0.2, 0.25) is 5.02 Å². The van der Waals surface area contributed by atoms with Crippen LogP contribution < -0.4 is 10.2 Å². The van der Waals surface area contributed by atoms with Crippen LogP contribution in [0.1, 0.15) is 22.8 Å². The molecule has 0 aliphatic rings. The van der Waals surface area contributed by atoms with Crippen molar-refractivity contribution in [3.05, 3.63) is 64.4 Å². The Morgan fingerprint density at radius 2 is 2.05 bits per heavy atom. The number of amides is 1. The van der Waals surface area contributed by atoms with Crippen molar-refractivity contribution in [1.29, 1.82) is 0 Å². The Balaban J connectivity index is 2.01. The summed E-state index contributed by atoms with van der Waals surface area (Å²) < 4.78 is 18.8. The fourth-order valence-electron chi connectivity index (χ4n) is 1.72. The van der Waals surface area contributed by atoms with Crippen molar-refractivity contribution in [1.82, 2.24) is 5.43 Å². The van der Waals surface area contributed by atoms with Gasteiger partial charge in [-0.25, -0.2) is 9.82 Å². The zero-order valence-electron chi connectivity index (χ0n) is 11.8. The molecule has 114 valence electrons. The molecule has 0 aromatic heterocycles. The number of hydrogen-bond acceptors (Lipinski definition) is 3. The minimum Gasteiger partial charge on any atom is -0.494 e. The van der Waals surface area contributed by atoms with E-state index in [0.29, 0.717) is 17.9 Å². The number of halogens is 2. The van der Waals surface area contributed by atoms with E-state index in [0.717, 1.165) is 0 Å². The van der Waals surface area contributed by atoms with Gasteiger partial charge in [-0.3, -0.25) is 4.79 Å². The lowest BCUT2D eigenvalue weighted by Gasteiger charge is -2.04. The second-order valence-corrected chi connectivity index (χ2v) is 4.70. The third kappa shape index (κ3) is 4.05. The summed E-state index contributed by atoms with van der Waals surface area (Å²) in [5.41, 5.74) is 2.86. The average molecular weight is 321 g/mol. The Hall–Kier alpha value is -2.40. The van der Waals surface area contributed by atoms with E-state index >= 15 is 0 Å². The number of rotatable bonds is 5. The molecule has 2 rings (SSSR count). The average Bonchev–Trinajstić information content (AvgIpc) is 2.51. The Bertz CT molecular complexity index is 667. The number of benzene rings is 2. The third-order valence-electron chi connectivity index (χ3n) is 2.79. The summed E-state index contributed by atoms with van der Waals surface area (Å²) in [5.74, 6) is -0.237. The second kappa shape index (κ2) is 7.56. The number of hydrogen-bond donors (Lipinski definition) is 1. The molecule has 0 saturated carbocycles. The summed E-state index contributed by atoms with van der Waals surface area (Å²) in [6.07, 6.45) is 1.17. The molecule has 0 aliphatic carbocycles. The first kappa shape index (κ1) is 16.0. The van der Waals surface area contributed by atoms with Crippen molar-refractivity contribution in [3.63, 3.8) is 0 Å². The van der Waals surface area contributed by atoms with E-state index in [1.807, 2.05) is 6.92 Å². The third-order valence-corrected chi connectivity index (χ3v) is 3.12. The lowest BCUT2D eigenvalue weighted by Crippen LogP contribution is -2.17. The van der Waals surface area contributed by atoms with Crippen LogP contribution in [0.25, 0.3) is 0 Å². The van der Waals surface area contributed by atoms with Gasteiger partial charge in [0.25, 0.3) is 5.91 Å². The number of nitrogens with one attached hydrogen (secondary N) is 1. The van der Waals surface area contributed by atoms with Crippen molar-refractivity contribution in [3.8, 4) is 5.75 Å². The van der Waals surface area contributed by atoms with Crippen LogP contribution in [0.4, 0.5) is 4.39 Å².